The number of ether oxygens (including phenoxy) is 2. The number of hydrogen-bond donors (Lipinski definition) is 0. The quantitative estimate of drug-likeness (QED) is 0.0889. The first-order valence-electron chi connectivity index (χ1n) is 18.1. The SMILES string of the molecule is C=CCOc1ccc2c(c1)C(=O)OC2(C=C(c1ccc(N(C)C)cc1)c1ccc(N(C)C)cc1)C=C(c1ccc(N(C)C)cc1)c1ccc(N(C)C)cc1. The van der Waals surface area contributed by atoms with E-state index in [1.165, 1.54) is 0 Å². The van der Waals surface area contributed by atoms with Gasteiger partial charge in [0, 0.05) is 84.7 Å². The Morgan fingerprint density at radius 3 is 1.24 bits per heavy atom. The van der Waals surface area contributed by atoms with Gasteiger partial charge >= 0.3 is 5.97 Å². The lowest BCUT2D eigenvalue weighted by Crippen LogP contribution is -2.22. The molecule has 0 saturated carbocycles. The van der Waals surface area contributed by atoms with E-state index in [1.807, 2.05) is 68.5 Å². The Labute approximate surface area is 320 Å². The summed E-state index contributed by atoms with van der Waals surface area (Å²) in [4.78, 5) is 22.4. The van der Waals surface area contributed by atoms with Crippen molar-refractivity contribution in [1.29, 1.82) is 0 Å². The average molecular weight is 719 g/mol. The monoisotopic (exact) mass is 718 g/mol. The third kappa shape index (κ3) is 7.91. The molecule has 1 heterocycles. The van der Waals surface area contributed by atoms with Crippen LogP contribution < -0.4 is 24.3 Å². The predicted octanol–water partition coefficient (Wildman–Crippen LogP) is 9.14. The minimum Gasteiger partial charge on any atom is -0.490 e. The van der Waals surface area contributed by atoms with Crippen LogP contribution in [0.5, 0.6) is 5.75 Å². The first-order valence-corrected chi connectivity index (χ1v) is 18.1. The van der Waals surface area contributed by atoms with Gasteiger partial charge in [0.25, 0.3) is 0 Å². The number of carbonyl (C=O) groups is 1. The topological polar surface area (TPSA) is 48.5 Å². The third-order valence-corrected chi connectivity index (χ3v) is 9.76. The second-order valence-electron chi connectivity index (χ2n) is 14.4. The summed E-state index contributed by atoms with van der Waals surface area (Å²) >= 11 is 0. The van der Waals surface area contributed by atoms with Crippen molar-refractivity contribution in [2.45, 2.75) is 5.60 Å². The number of cyclic esters (lactones) is 1. The Bertz CT molecular complexity index is 1940. The van der Waals surface area contributed by atoms with E-state index in [-0.39, 0.29) is 0 Å². The zero-order valence-electron chi connectivity index (χ0n) is 32.6. The van der Waals surface area contributed by atoms with Crippen LogP contribution in [0.4, 0.5) is 22.7 Å². The van der Waals surface area contributed by atoms with Gasteiger partial charge in [-0.05, 0) is 112 Å². The number of nitrogens with zero attached hydrogens (tertiary/aromatic N) is 4. The van der Waals surface area contributed by atoms with Crippen LogP contribution in [0.25, 0.3) is 11.1 Å². The Kier molecular flexibility index (Phi) is 11.0. The smallest absolute Gasteiger partial charge is 0.340 e. The van der Waals surface area contributed by atoms with Gasteiger partial charge in [-0.3, -0.25) is 0 Å². The second-order valence-corrected chi connectivity index (χ2v) is 14.4. The molecular formula is C47H50N4O3. The lowest BCUT2D eigenvalue weighted by molar-refractivity contribution is 0.0299. The minimum absolute atomic E-state index is 0.324. The van der Waals surface area contributed by atoms with Crippen LogP contribution in [0.3, 0.4) is 0 Å². The molecule has 0 N–H and O–H groups in total. The first kappa shape index (κ1) is 37.5. The molecule has 0 aliphatic carbocycles. The maximum atomic E-state index is 14.1. The van der Waals surface area contributed by atoms with Crippen molar-refractivity contribution in [2.75, 3.05) is 82.6 Å². The fourth-order valence-electron chi connectivity index (χ4n) is 6.65. The van der Waals surface area contributed by atoms with Crippen molar-refractivity contribution in [3.63, 3.8) is 0 Å². The molecule has 5 aromatic rings. The van der Waals surface area contributed by atoms with Crippen LogP contribution in [0, 0.1) is 0 Å². The van der Waals surface area contributed by atoms with E-state index in [0.717, 1.165) is 61.7 Å². The molecule has 5 aromatic carbocycles. The molecule has 1 aliphatic rings. The molecule has 276 valence electrons. The number of hydrogen-bond acceptors (Lipinski definition) is 7. The van der Waals surface area contributed by atoms with Crippen LogP contribution in [0.1, 0.15) is 38.2 Å². The molecule has 7 nitrogen and oxygen atoms in total. The van der Waals surface area contributed by atoms with Gasteiger partial charge in [0.1, 0.15) is 12.4 Å². The summed E-state index contributed by atoms with van der Waals surface area (Å²) in [5, 5.41) is 0. The molecule has 0 radical (unpaired) electrons. The lowest BCUT2D eigenvalue weighted by Gasteiger charge is -2.27. The van der Waals surface area contributed by atoms with Crippen molar-refractivity contribution in [1.82, 2.24) is 0 Å². The van der Waals surface area contributed by atoms with Gasteiger partial charge in [0.05, 0.1) is 5.56 Å². The van der Waals surface area contributed by atoms with Crippen molar-refractivity contribution in [3.8, 4) is 5.75 Å². The maximum absolute atomic E-state index is 14.1. The summed E-state index contributed by atoms with van der Waals surface area (Å²) in [6.07, 6.45) is 5.91. The van der Waals surface area contributed by atoms with Crippen molar-refractivity contribution < 1.29 is 14.3 Å². The number of fused-ring (bicyclic) bond motifs is 1. The summed E-state index contributed by atoms with van der Waals surface area (Å²) < 4.78 is 12.6. The second kappa shape index (κ2) is 15.8. The number of rotatable bonds is 13. The summed E-state index contributed by atoms with van der Waals surface area (Å²) in [5.41, 5.74) is 10.1. The van der Waals surface area contributed by atoms with E-state index >= 15 is 0 Å². The molecule has 0 saturated heterocycles. The van der Waals surface area contributed by atoms with E-state index in [9.17, 15) is 4.79 Å². The van der Waals surface area contributed by atoms with Crippen molar-refractivity contribution in [2.24, 2.45) is 0 Å². The highest BCUT2D eigenvalue weighted by Crippen LogP contribution is 2.46. The van der Waals surface area contributed by atoms with Crippen molar-refractivity contribution in [3.05, 3.63) is 173 Å². The van der Waals surface area contributed by atoms with Crippen LogP contribution in [0.2, 0.25) is 0 Å². The zero-order valence-corrected chi connectivity index (χ0v) is 32.6. The van der Waals surface area contributed by atoms with Gasteiger partial charge in [0.15, 0.2) is 5.60 Å². The Hall–Kier alpha value is -6.21. The largest absolute Gasteiger partial charge is 0.490 e. The van der Waals surface area contributed by atoms with Gasteiger partial charge in [0.2, 0.25) is 0 Å². The van der Waals surface area contributed by atoms with E-state index in [0.29, 0.717) is 17.9 Å². The fraction of sp³-hybridized carbons (Fsp3) is 0.213. The van der Waals surface area contributed by atoms with Crippen LogP contribution in [-0.2, 0) is 10.3 Å². The van der Waals surface area contributed by atoms with E-state index < -0.39 is 11.6 Å². The maximum Gasteiger partial charge on any atom is 0.340 e. The average Bonchev–Trinajstić information content (AvgIpc) is 3.45. The number of carbonyl (C=O) groups excluding carboxylic acids is 1. The standard InChI is InChI=1S/C47H50N4O3/c1-10-29-53-41-27-28-45-42(30-41)46(52)54-47(45,31-43(33-11-19-37(20-12-33)48(2)3)34-13-21-38(22-14-34)49(4)5)32-44(35-15-23-39(24-16-35)50(6)7)36-17-25-40(26-18-36)51(8)9/h10-28,30-32H,1,29H2,2-9H3. The normalized spacial score (nSPS) is 12.6. The number of esters is 1. The Balaban J connectivity index is 1.67. The summed E-state index contributed by atoms with van der Waals surface area (Å²) in [6.45, 7) is 4.11. The molecule has 7 heteroatoms. The number of anilines is 4. The third-order valence-electron chi connectivity index (χ3n) is 9.76. The lowest BCUT2D eigenvalue weighted by atomic mass is 9.83. The van der Waals surface area contributed by atoms with Gasteiger partial charge in [-0.25, -0.2) is 4.79 Å². The minimum atomic E-state index is -1.30. The van der Waals surface area contributed by atoms with Crippen molar-refractivity contribution >= 4 is 39.9 Å². The van der Waals surface area contributed by atoms with Gasteiger partial charge in [-0.2, -0.15) is 0 Å². The molecule has 0 amide bonds. The summed E-state index contributed by atoms with van der Waals surface area (Å²) in [7, 11) is 16.3. The molecule has 0 fully saturated rings. The summed E-state index contributed by atoms with van der Waals surface area (Å²) in [5.74, 6) is 0.156. The van der Waals surface area contributed by atoms with Crippen LogP contribution in [0.15, 0.2) is 140 Å². The summed E-state index contributed by atoms with van der Waals surface area (Å²) in [6, 6.07) is 39.6. The Morgan fingerprint density at radius 1 is 0.574 bits per heavy atom. The molecule has 0 spiro atoms. The Morgan fingerprint density at radius 2 is 0.926 bits per heavy atom. The molecule has 6 rings (SSSR count). The molecule has 0 bridgehead atoms. The predicted molar refractivity (Wildman–Crippen MR) is 226 cm³/mol. The first-order chi connectivity index (χ1) is 25.9. The van der Waals surface area contributed by atoms with Gasteiger partial charge < -0.3 is 29.1 Å². The molecule has 54 heavy (non-hydrogen) atoms. The van der Waals surface area contributed by atoms with Crippen LogP contribution >= 0.6 is 0 Å². The molecule has 1 aliphatic heterocycles. The number of benzene rings is 5. The van der Waals surface area contributed by atoms with E-state index in [1.54, 1.807) is 12.1 Å². The fourth-order valence-corrected chi connectivity index (χ4v) is 6.65. The van der Waals surface area contributed by atoms with Gasteiger partial charge in [-0.1, -0.05) is 61.2 Å². The van der Waals surface area contributed by atoms with Gasteiger partial charge in [-0.15, -0.1) is 0 Å². The molecule has 0 unspecified atom stereocenters. The zero-order chi connectivity index (χ0) is 38.6. The molecular weight excluding hydrogens is 669 g/mol. The highest BCUT2D eigenvalue weighted by molar-refractivity contribution is 5.98. The van der Waals surface area contributed by atoms with E-state index in [2.05, 4.69) is 135 Å². The molecule has 0 atom stereocenters. The highest BCUT2D eigenvalue weighted by Gasteiger charge is 2.44. The van der Waals surface area contributed by atoms with Crippen LogP contribution in [-0.4, -0.2) is 69.0 Å². The molecule has 0 aromatic heterocycles. The highest BCUT2D eigenvalue weighted by atomic mass is 16.6. The van der Waals surface area contributed by atoms with E-state index in [4.69, 9.17) is 9.47 Å².